The lowest BCUT2D eigenvalue weighted by atomic mass is 10.1. The quantitative estimate of drug-likeness (QED) is 0.580. The molecule has 26 heavy (non-hydrogen) atoms. The van der Waals surface area contributed by atoms with Crippen molar-refractivity contribution in [3.63, 3.8) is 0 Å². The highest BCUT2D eigenvalue weighted by molar-refractivity contribution is 9.10. The summed E-state index contributed by atoms with van der Waals surface area (Å²) >= 11 is 10.7. The third kappa shape index (κ3) is 4.25. The van der Waals surface area contributed by atoms with Gasteiger partial charge in [-0.15, -0.1) is 5.10 Å². The fraction of sp³-hybridized carbons (Fsp3) is 0.176. The number of carbonyl (C=O) groups is 1. The van der Waals surface area contributed by atoms with Crippen molar-refractivity contribution in [3.05, 3.63) is 57.0 Å². The van der Waals surface area contributed by atoms with Gasteiger partial charge in [-0.1, -0.05) is 57.5 Å². The molecular weight excluding hydrogens is 438 g/mol. The molecule has 3 rings (SSSR count). The molecule has 9 heteroatoms. The summed E-state index contributed by atoms with van der Waals surface area (Å²) in [5.74, 6) is -0.0205. The Labute approximate surface area is 168 Å². The smallest absolute Gasteiger partial charge is 0.234 e. The summed E-state index contributed by atoms with van der Waals surface area (Å²) in [5, 5.41) is 15.7. The maximum absolute atomic E-state index is 12.2. The van der Waals surface area contributed by atoms with Gasteiger partial charge >= 0.3 is 0 Å². The molecule has 0 aliphatic rings. The van der Waals surface area contributed by atoms with E-state index in [9.17, 15) is 4.79 Å². The molecule has 134 valence electrons. The van der Waals surface area contributed by atoms with Crippen LogP contribution in [-0.2, 0) is 4.79 Å². The minimum atomic E-state index is -0.185. The Morgan fingerprint density at radius 3 is 2.69 bits per heavy atom. The Balaban J connectivity index is 1.71. The van der Waals surface area contributed by atoms with Crippen LogP contribution in [0.25, 0.3) is 5.69 Å². The minimum absolute atomic E-state index is 0.164. The molecule has 1 N–H and O–H groups in total. The van der Waals surface area contributed by atoms with Gasteiger partial charge in [-0.25, -0.2) is 0 Å². The summed E-state index contributed by atoms with van der Waals surface area (Å²) in [4.78, 5) is 12.2. The van der Waals surface area contributed by atoms with Crippen LogP contribution in [0, 0.1) is 13.8 Å². The molecule has 0 bridgehead atoms. The first-order valence-corrected chi connectivity index (χ1v) is 9.84. The van der Waals surface area contributed by atoms with Crippen LogP contribution < -0.4 is 5.32 Å². The van der Waals surface area contributed by atoms with Crippen LogP contribution in [0.1, 0.15) is 11.1 Å². The van der Waals surface area contributed by atoms with Gasteiger partial charge in [0, 0.05) is 4.47 Å². The van der Waals surface area contributed by atoms with Crippen LogP contribution in [0.4, 0.5) is 5.69 Å². The molecule has 0 aliphatic heterocycles. The predicted molar refractivity (Wildman–Crippen MR) is 107 cm³/mol. The van der Waals surface area contributed by atoms with Gasteiger partial charge in [0.15, 0.2) is 0 Å². The van der Waals surface area contributed by atoms with Gasteiger partial charge < -0.3 is 5.32 Å². The van der Waals surface area contributed by atoms with E-state index in [2.05, 4.69) is 36.8 Å². The van der Waals surface area contributed by atoms with Crippen molar-refractivity contribution in [2.45, 2.75) is 19.0 Å². The van der Waals surface area contributed by atoms with Crippen LogP contribution in [0.15, 0.2) is 46.0 Å². The summed E-state index contributed by atoms with van der Waals surface area (Å²) in [7, 11) is 0. The first-order chi connectivity index (χ1) is 12.5. The van der Waals surface area contributed by atoms with Crippen molar-refractivity contribution in [3.8, 4) is 5.69 Å². The standard InChI is InChI=1S/C17H15BrClN5OS/c1-10-4-3-5-11(2)16(10)24-17(21-22-23-24)26-9-15(25)20-14-7-6-12(18)8-13(14)19/h3-8H,9H2,1-2H3,(H,20,25). The van der Waals surface area contributed by atoms with E-state index in [1.807, 2.05) is 38.1 Å². The number of thioether (sulfide) groups is 1. The molecule has 0 saturated heterocycles. The fourth-order valence-electron chi connectivity index (χ4n) is 2.46. The Kier molecular flexibility index (Phi) is 5.95. The Bertz CT molecular complexity index is 942. The molecule has 2 aromatic carbocycles. The molecule has 0 unspecified atom stereocenters. The number of tetrazole rings is 1. The Morgan fingerprint density at radius 1 is 1.27 bits per heavy atom. The zero-order valence-corrected chi connectivity index (χ0v) is 17.2. The molecular formula is C17H15BrClN5OS. The number of aryl methyl sites for hydroxylation is 2. The number of hydrogen-bond donors (Lipinski definition) is 1. The lowest BCUT2D eigenvalue weighted by molar-refractivity contribution is -0.113. The molecule has 0 spiro atoms. The van der Waals surface area contributed by atoms with Crippen molar-refractivity contribution in [2.24, 2.45) is 0 Å². The molecule has 0 fully saturated rings. The summed E-state index contributed by atoms with van der Waals surface area (Å²) in [6, 6.07) is 11.3. The summed E-state index contributed by atoms with van der Waals surface area (Å²) in [6.07, 6.45) is 0. The molecule has 6 nitrogen and oxygen atoms in total. The number of amides is 1. The normalized spacial score (nSPS) is 10.8. The second-order valence-corrected chi connectivity index (χ2v) is 7.84. The number of halogens is 2. The second-order valence-electron chi connectivity index (χ2n) is 5.57. The summed E-state index contributed by atoms with van der Waals surface area (Å²) < 4.78 is 2.51. The molecule has 1 amide bonds. The second kappa shape index (κ2) is 8.20. The first-order valence-electron chi connectivity index (χ1n) is 7.68. The Hall–Kier alpha value is -1.90. The van der Waals surface area contributed by atoms with Crippen LogP contribution in [0.3, 0.4) is 0 Å². The molecule has 3 aromatic rings. The van der Waals surface area contributed by atoms with E-state index in [1.54, 1.807) is 16.8 Å². The SMILES string of the molecule is Cc1cccc(C)c1-n1nnnc1SCC(=O)Nc1ccc(Br)cc1Cl. The van der Waals surface area contributed by atoms with Crippen molar-refractivity contribution in [1.82, 2.24) is 20.2 Å². The highest BCUT2D eigenvalue weighted by atomic mass is 79.9. The maximum atomic E-state index is 12.2. The zero-order valence-electron chi connectivity index (χ0n) is 14.0. The third-order valence-corrected chi connectivity index (χ3v) is 5.36. The van der Waals surface area contributed by atoms with Gasteiger partial charge in [0.25, 0.3) is 0 Å². The minimum Gasteiger partial charge on any atom is -0.324 e. The van der Waals surface area contributed by atoms with Gasteiger partial charge in [-0.2, -0.15) is 4.68 Å². The van der Waals surface area contributed by atoms with E-state index in [1.165, 1.54) is 11.8 Å². The van der Waals surface area contributed by atoms with E-state index in [4.69, 9.17) is 11.6 Å². The number of hydrogen-bond acceptors (Lipinski definition) is 5. The number of para-hydroxylation sites is 1. The average Bonchev–Trinajstić information content (AvgIpc) is 3.04. The molecule has 0 aliphatic carbocycles. The van der Waals surface area contributed by atoms with E-state index in [0.29, 0.717) is 15.9 Å². The number of nitrogens with zero attached hydrogens (tertiary/aromatic N) is 4. The highest BCUT2D eigenvalue weighted by Crippen LogP contribution is 2.27. The van der Waals surface area contributed by atoms with Gasteiger partial charge in [0.2, 0.25) is 11.1 Å². The largest absolute Gasteiger partial charge is 0.324 e. The van der Waals surface area contributed by atoms with Crippen LogP contribution in [0.2, 0.25) is 5.02 Å². The monoisotopic (exact) mass is 451 g/mol. The number of rotatable bonds is 5. The van der Waals surface area contributed by atoms with Gasteiger partial charge in [0.05, 0.1) is 22.2 Å². The van der Waals surface area contributed by atoms with E-state index in [-0.39, 0.29) is 11.7 Å². The topological polar surface area (TPSA) is 72.7 Å². The number of aromatic nitrogens is 4. The molecule has 0 saturated carbocycles. The van der Waals surface area contributed by atoms with Crippen LogP contribution in [-0.4, -0.2) is 31.9 Å². The number of anilines is 1. The zero-order chi connectivity index (χ0) is 18.7. The number of carbonyl (C=O) groups excluding carboxylic acids is 1. The van der Waals surface area contributed by atoms with Crippen molar-refractivity contribution in [2.75, 3.05) is 11.1 Å². The van der Waals surface area contributed by atoms with E-state index in [0.717, 1.165) is 21.3 Å². The molecule has 0 atom stereocenters. The molecule has 1 aromatic heterocycles. The lowest BCUT2D eigenvalue weighted by Gasteiger charge is -2.11. The third-order valence-electron chi connectivity index (χ3n) is 3.63. The summed E-state index contributed by atoms with van der Waals surface area (Å²) in [5.41, 5.74) is 3.61. The van der Waals surface area contributed by atoms with Gasteiger partial charge in [-0.05, 0) is 53.6 Å². The lowest BCUT2D eigenvalue weighted by Crippen LogP contribution is -2.15. The highest BCUT2D eigenvalue weighted by Gasteiger charge is 2.15. The van der Waals surface area contributed by atoms with Gasteiger partial charge in [0.1, 0.15) is 0 Å². The van der Waals surface area contributed by atoms with Crippen LogP contribution in [0.5, 0.6) is 0 Å². The van der Waals surface area contributed by atoms with E-state index >= 15 is 0 Å². The van der Waals surface area contributed by atoms with Crippen molar-refractivity contribution >= 4 is 50.9 Å². The van der Waals surface area contributed by atoms with Crippen LogP contribution >= 0.6 is 39.3 Å². The van der Waals surface area contributed by atoms with Crippen molar-refractivity contribution in [1.29, 1.82) is 0 Å². The maximum Gasteiger partial charge on any atom is 0.234 e. The number of nitrogens with one attached hydrogen (secondary N) is 1. The predicted octanol–water partition coefficient (Wildman–Crippen LogP) is 4.43. The molecule has 1 heterocycles. The Morgan fingerprint density at radius 2 is 2.00 bits per heavy atom. The number of benzene rings is 2. The van der Waals surface area contributed by atoms with Crippen molar-refractivity contribution < 1.29 is 4.79 Å². The fourth-order valence-corrected chi connectivity index (χ4v) is 3.85. The summed E-state index contributed by atoms with van der Waals surface area (Å²) in [6.45, 7) is 4.00. The van der Waals surface area contributed by atoms with E-state index < -0.39 is 0 Å². The van der Waals surface area contributed by atoms with Gasteiger partial charge in [-0.3, -0.25) is 4.79 Å². The average molecular weight is 453 g/mol. The first kappa shape index (κ1) is 18.9. The molecule has 0 radical (unpaired) electrons.